The van der Waals surface area contributed by atoms with Gasteiger partial charge in [0.05, 0.1) is 12.7 Å². The molecule has 1 atom stereocenters. The number of hydrogen-bond donors (Lipinski definition) is 3. The van der Waals surface area contributed by atoms with E-state index in [0.717, 1.165) is 10.9 Å². The summed E-state index contributed by atoms with van der Waals surface area (Å²) < 4.78 is 13.6. The molecule has 0 radical (unpaired) electrons. The minimum Gasteiger partial charge on any atom is -0.382 e. The van der Waals surface area contributed by atoms with Crippen LogP contribution in [0, 0.1) is 12.7 Å². The number of piperidine rings is 1. The Labute approximate surface area is 142 Å². The number of aromatic nitrogens is 4. The van der Waals surface area contributed by atoms with Crippen LogP contribution in [0.15, 0.2) is 24.4 Å². The van der Waals surface area contributed by atoms with Crippen LogP contribution in [0.5, 0.6) is 0 Å². The van der Waals surface area contributed by atoms with E-state index in [0.29, 0.717) is 36.3 Å². The number of hydrogen-bond acceptors (Lipinski definition) is 4. The molecule has 0 spiro atoms. The summed E-state index contributed by atoms with van der Waals surface area (Å²) >= 11 is 0. The first-order valence-corrected chi connectivity index (χ1v) is 8.13. The zero-order chi connectivity index (χ0) is 17.6. The zero-order valence-corrected chi connectivity index (χ0v) is 13.7. The van der Waals surface area contributed by atoms with Gasteiger partial charge in [-0.05, 0) is 43.5 Å². The van der Waals surface area contributed by atoms with E-state index in [1.807, 2.05) is 0 Å². The number of aromatic amines is 2. The van der Waals surface area contributed by atoms with Gasteiger partial charge in [-0.2, -0.15) is 15.4 Å². The summed E-state index contributed by atoms with van der Waals surface area (Å²) in [5.74, 6) is -0.568. The van der Waals surface area contributed by atoms with Crippen molar-refractivity contribution < 1.29 is 14.3 Å². The average Bonchev–Trinajstić information content (AvgIpc) is 3.24. The maximum Gasteiger partial charge on any atom is 0.270 e. The molecular weight excluding hydrogens is 325 g/mol. The van der Waals surface area contributed by atoms with E-state index in [4.69, 9.17) is 0 Å². The van der Waals surface area contributed by atoms with E-state index in [9.17, 15) is 14.3 Å². The number of likely N-dealkylation sites (tertiary alicyclic amines) is 1. The van der Waals surface area contributed by atoms with Crippen molar-refractivity contribution in [1.29, 1.82) is 0 Å². The Balaban J connectivity index is 1.63. The first-order chi connectivity index (χ1) is 12.0. The van der Waals surface area contributed by atoms with E-state index in [-0.39, 0.29) is 18.3 Å². The molecule has 1 aromatic carbocycles. The summed E-state index contributed by atoms with van der Waals surface area (Å²) in [6, 6.07) is 4.55. The number of aryl methyl sites for hydroxylation is 1. The molecule has 1 amide bonds. The summed E-state index contributed by atoms with van der Waals surface area (Å²) in [6.07, 6.45) is 2.65. The fraction of sp³-hybridized carbons (Fsp3) is 0.353. The Kier molecular flexibility index (Phi) is 3.57. The number of benzene rings is 1. The highest BCUT2D eigenvalue weighted by Gasteiger charge is 2.39. The number of carbonyl (C=O) groups excluding carboxylic acids is 1. The topological polar surface area (TPSA) is 97.9 Å². The van der Waals surface area contributed by atoms with E-state index in [1.54, 1.807) is 17.9 Å². The number of aliphatic hydroxyl groups is 1. The van der Waals surface area contributed by atoms with Crippen molar-refractivity contribution in [1.82, 2.24) is 25.3 Å². The second kappa shape index (κ2) is 5.66. The lowest BCUT2D eigenvalue weighted by atomic mass is 9.90. The number of amides is 1. The molecule has 130 valence electrons. The predicted molar refractivity (Wildman–Crippen MR) is 88.4 cm³/mol. The smallest absolute Gasteiger partial charge is 0.270 e. The quantitative estimate of drug-likeness (QED) is 0.661. The van der Waals surface area contributed by atoms with Crippen molar-refractivity contribution in [2.75, 3.05) is 13.1 Å². The molecule has 25 heavy (non-hydrogen) atoms. The molecular formula is C17H18FN5O2. The van der Waals surface area contributed by atoms with Gasteiger partial charge in [-0.25, -0.2) is 4.39 Å². The Morgan fingerprint density at radius 1 is 1.40 bits per heavy atom. The van der Waals surface area contributed by atoms with Crippen molar-refractivity contribution in [2.24, 2.45) is 0 Å². The molecule has 1 unspecified atom stereocenters. The number of rotatable bonds is 2. The van der Waals surface area contributed by atoms with E-state index in [1.165, 1.54) is 18.3 Å². The Hall–Kier alpha value is -2.74. The lowest BCUT2D eigenvalue weighted by Crippen LogP contribution is -2.48. The standard InChI is InChI=1S/C17H18FN5O2/c1-10-5-11(18)6-13-12(10)7-14(20-13)16(24)23-4-2-3-17(25,9-23)15-8-19-22-21-15/h5-8,20,25H,2-4,9H2,1H3,(H,19,21,22). The minimum atomic E-state index is -1.21. The van der Waals surface area contributed by atoms with Crippen LogP contribution < -0.4 is 0 Å². The number of β-amino-alcohol motifs (C(OH)–C–C–N with tert-alkyl or cyclic N) is 1. The number of nitrogens with zero attached hydrogens (tertiary/aromatic N) is 3. The molecule has 3 N–H and O–H groups in total. The van der Waals surface area contributed by atoms with Crippen LogP contribution in [0.25, 0.3) is 10.9 Å². The molecule has 3 aromatic rings. The fourth-order valence-electron chi connectivity index (χ4n) is 3.50. The largest absolute Gasteiger partial charge is 0.382 e. The third-order valence-corrected chi connectivity index (χ3v) is 4.79. The average molecular weight is 343 g/mol. The van der Waals surface area contributed by atoms with E-state index in [2.05, 4.69) is 20.4 Å². The van der Waals surface area contributed by atoms with E-state index < -0.39 is 5.60 Å². The van der Waals surface area contributed by atoms with Gasteiger partial charge in [-0.15, -0.1) is 0 Å². The monoisotopic (exact) mass is 343 g/mol. The molecule has 7 nitrogen and oxygen atoms in total. The highest BCUT2D eigenvalue weighted by Crippen LogP contribution is 2.31. The summed E-state index contributed by atoms with van der Waals surface area (Å²) in [5, 5.41) is 21.8. The number of H-pyrrole nitrogens is 2. The molecule has 0 aliphatic carbocycles. The molecule has 1 saturated heterocycles. The maximum atomic E-state index is 13.6. The van der Waals surface area contributed by atoms with Gasteiger partial charge in [-0.1, -0.05) is 0 Å². The van der Waals surface area contributed by atoms with Gasteiger partial charge >= 0.3 is 0 Å². The van der Waals surface area contributed by atoms with Gasteiger partial charge in [0.2, 0.25) is 0 Å². The molecule has 4 rings (SSSR count). The Morgan fingerprint density at radius 3 is 3.00 bits per heavy atom. The zero-order valence-electron chi connectivity index (χ0n) is 13.7. The van der Waals surface area contributed by atoms with E-state index >= 15 is 0 Å². The number of fused-ring (bicyclic) bond motifs is 1. The highest BCUT2D eigenvalue weighted by atomic mass is 19.1. The summed E-state index contributed by atoms with van der Waals surface area (Å²) in [7, 11) is 0. The maximum absolute atomic E-state index is 13.6. The lowest BCUT2D eigenvalue weighted by molar-refractivity contribution is -0.0321. The van der Waals surface area contributed by atoms with Crippen LogP contribution in [-0.4, -0.2) is 49.4 Å². The van der Waals surface area contributed by atoms with Crippen molar-refractivity contribution >= 4 is 16.8 Å². The van der Waals surface area contributed by atoms with Gasteiger partial charge in [0.25, 0.3) is 5.91 Å². The highest BCUT2D eigenvalue weighted by molar-refractivity contribution is 5.99. The van der Waals surface area contributed by atoms with Crippen molar-refractivity contribution in [2.45, 2.75) is 25.4 Å². The third kappa shape index (κ3) is 2.68. The molecule has 0 bridgehead atoms. The van der Waals surface area contributed by atoms with Crippen LogP contribution in [0.3, 0.4) is 0 Å². The van der Waals surface area contributed by atoms with Gasteiger partial charge < -0.3 is 15.0 Å². The van der Waals surface area contributed by atoms with Crippen LogP contribution in [0.4, 0.5) is 4.39 Å². The van der Waals surface area contributed by atoms with Gasteiger partial charge in [0.1, 0.15) is 22.8 Å². The number of halogens is 1. The third-order valence-electron chi connectivity index (χ3n) is 4.79. The van der Waals surface area contributed by atoms with Gasteiger partial charge in [0.15, 0.2) is 0 Å². The number of carbonyl (C=O) groups is 1. The molecule has 3 heterocycles. The fourth-order valence-corrected chi connectivity index (χ4v) is 3.50. The SMILES string of the molecule is Cc1cc(F)cc2[nH]c(C(=O)N3CCCC(O)(c4cn[nH]n4)C3)cc12. The molecule has 1 fully saturated rings. The first-order valence-electron chi connectivity index (χ1n) is 8.13. The minimum absolute atomic E-state index is 0.140. The van der Waals surface area contributed by atoms with Crippen LogP contribution in [0.2, 0.25) is 0 Å². The molecule has 1 aliphatic heterocycles. The first kappa shape index (κ1) is 15.8. The predicted octanol–water partition coefficient (Wildman–Crippen LogP) is 1.86. The lowest BCUT2D eigenvalue weighted by Gasteiger charge is -2.37. The molecule has 0 saturated carbocycles. The second-order valence-electron chi connectivity index (χ2n) is 6.58. The van der Waals surface area contributed by atoms with Gasteiger partial charge in [0, 0.05) is 17.4 Å². The van der Waals surface area contributed by atoms with Gasteiger partial charge in [-0.3, -0.25) is 4.79 Å². The second-order valence-corrected chi connectivity index (χ2v) is 6.58. The number of nitrogens with one attached hydrogen (secondary N) is 2. The molecule has 1 aliphatic rings. The van der Waals surface area contributed by atoms with Crippen LogP contribution in [0.1, 0.15) is 34.6 Å². The Bertz CT molecular complexity index is 936. The van der Waals surface area contributed by atoms with Crippen molar-refractivity contribution in [3.63, 3.8) is 0 Å². The summed E-state index contributed by atoms with van der Waals surface area (Å²) in [4.78, 5) is 17.5. The summed E-state index contributed by atoms with van der Waals surface area (Å²) in [5.41, 5.74) is 0.954. The molecule has 2 aromatic heterocycles. The molecule has 8 heteroatoms. The van der Waals surface area contributed by atoms with Crippen molar-refractivity contribution in [3.8, 4) is 0 Å². The van der Waals surface area contributed by atoms with Crippen LogP contribution in [-0.2, 0) is 5.60 Å². The Morgan fingerprint density at radius 2 is 2.24 bits per heavy atom. The summed E-state index contributed by atoms with van der Waals surface area (Å²) in [6.45, 7) is 2.49. The van der Waals surface area contributed by atoms with Crippen molar-refractivity contribution in [3.05, 3.63) is 47.2 Å². The van der Waals surface area contributed by atoms with Crippen LogP contribution >= 0.6 is 0 Å². The normalized spacial score (nSPS) is 21.0.